The number of benzene rings is 1. The van der Waals surface area contributed by atoms with Gasteiger partial charge in [-0.3, -0.25) is 9.78 Å². The molecule has 12 heteroatoms. The maximum atomic E-state index is 11.9. The lowest BCUT2D eigenvalue weighted by molar-refractivity contribution is -0.114. The van der Waals surface area contributed by atoms with Crippen molar-refractivity contribution in [3.8, 4) is 22.5 Å². The molecule has 1 aliphatic heterocycles. The average molecular weight is 543 g/mol. The number of rotatable bonds is 5. The van der Waals surface area contributed by atoms with Crippen LogP contribution in [-0.2, 0) is 9.53 Å². The monoisotopic (exact) mass is 542 g/mol. The third-order valence-electron chi connectivity index (χ3n) is 6.30. The Morgan fingerprint density at radius 2 is 1.68 bits per heavy atom. The first-order chi connectivity index (χ1) is 19.1. The van der Waals surface area contributed by atoms with Gasteiger partial charge in [-0.25, -0.2) is 29.6 Å². The molecule has 40 heavy (non-hydrogen) atoms. The number of nitrogens with zero attached hydrogens (tertiary/aromatic N) is 7. The fourth-order valence-corrected chi connectivity index (χ4v) is 4.49. The minimum absolute atomic E-state index is 0.0703. The van der Waals surface area contributed by atoms with Crippen LogP contribution in [0.3, 0.4) is 0 Å². The highest BCUT2D eigenvalue weighted by atomic mass is 16.5. The van der Waals surface area contributed by atoms with Gasteiger partial charge in [0.25, 0.3) is 0 Å². The van der Waals surface area contributed by atoms with Crippen LogP contribution >= 0.6 is 0 Å². The molecule has 1 saturated heterocycles. The van der Waals surface area contributed by atoms with E-state index in [-0.39, 0.29) is 11.9 Å². The molecule has 12 nitrogen and oxygen atoms in total. The number of nitrogens with one attached hydrogen (secondary N) is 1. The Hall–Kier alpha value is -4.71. The predicted molar refractivity (Wildman–Crippen MR) is 151 cm³/mol. The summed E-state index contributed by atoms with van der Waals surface area (Å²) in [5.74, 6) is 0.987. The third-order valence-corrected chi connectivity index (χ3v) is 6.30. The molecule has 0 unspecified atom stereocenters. The van der Waals surface area contributed by atoms with E-state index in [1.165, 1.54) is 19.3 Å². The molecule has 4 heterocycles. The van der Waals surface area contributed by atoms with E-state index in [4.69, 9.17) is 19.7 Å². The number of aromatic nitrogens is 5. The molecule has 0 saturated carbocycles. The first-order valence-electron chi connectivity index (χ1n) is 12.8. The Bertz CT molecular complexity index is 1560. The Kier molecular flexibility index (Phi) is 7.26. The van der Waals surface area contributed by atoms with Crippen LogP contribution in [0.1, 0.15) is 27.7 Å². The molecule has 1 fully saturated rings. The molecule has 2 N–H and O–H groups in total. The van der Waals surface area contributed by atoms with Crippen LogP contribution in [0.15, 0.2) is 48.9 Å². The molecule has 0 aliphatic carbocycles. The van der Waals surface area contributed by atoms with E-state index in [9.17, 15) is 14.7 Å². The predicted octanol–water partition coefficient (Wildman–Crippen LogP) is 4.23. The lowest BCUT2D eigenvalue weighted by Crippen LogP contribution is -2.46. The summed E-state index contributed by atoms with van der Waals surface area (Å²) in [7, 11) is 0. The largest absolute Gasteiger partial charge is 0.465 e. The van der Waals surface area contributed by atoms with Gasteiger partial charge in [-0.1, -0.05) is 12.1 Å². The van der Waals surface area contributed by atoms with Crippen LogP contribution in [0.25, 0.3) is 33.5 Å². The van der Waals surface area contributed by atoms with Gasteiger partial charge in [-0.15, -0.1) is 0 Å². The number of hydrogen-bond acceptors (Lipinski definition) is 9. The zero-order valence-corrected chi connectivity index (χ0v) is 22.7. The fourth-order valence-electron chi connectivity index (χ4n) is 4.49. The molecule has 4 aromatic rings. The fraction of sp³-hybridized carbons (Fsp3) is 0.321. The van der Waals surface area contributed by atoms with Crippen molar-refractivity contribution in [3.05, 3.63) is 48.9 Å². The van der Waals surface area contributed by atoms with Gasteiger partial charge in [-0.2, -0.15) is 0 Å². The maximum Gasteiger partial charge on any atom is 0.414 e. The first kappa shape index (κ1) is 26.9. The summed E-state index contributed by atoms with van der Waals surface area (Å²) in [4.78, 5) is 49.7. The van der Waals surface area contributed by atoms with E-state index < -0.39 is 11.6 Å². The molecule has 0 atom stereocenters. The summed E-state index contributed by atoms with van der Waals surface area (Å²) in [6.45, 7) is 9.25. The number of ether oxygens (including phenoxy) is 1. The van der Waals surface area contributed by atoms with Gasteiger partial charge in [-0.05, 0) is 44.5 Å². The number of hydrogen-bond donors (Lipinski definition) is 2. The van der Waals surface area contributed by atoms with E-state index in [2.05, 4.69) is 20.2 Å². The second-order valence-electron chi connectivity index (χ2n) is 10.4. The normalized spacial score (nSPS) is 13.8. The minimum Gasteiger partial charge on any atom is -0.465 e. The second kappa shape index (κ2) is 10.8. The molecule has 206 valence electrons. The smallest absolute Gasteiger partial charge is 0.414 e. The van der Waals surface area contributed by atoms with Gasteiger partial charge in [0.05, 0.1) is 24.3 Å². The number of carboxylic acid groups (broad SMARTS) is 1. The number of anilines is 3. The van der Waals surface area contributed by atoms with Crippen molar-refractivity contribution in [1.82, 2.24) is 24.9 Å². The zero-order chi connectivity index (χ0) is 28.4. The number of pyridine rings is 1. The van der Waals surface area contributed by atoms with Crippen molar-refractivity contribution in [2.45, 2.75) is 33.2 Å². The number of fused-ring (bicyclic) bond motifs is 1. The third kappa shape index (κ3) is 5.66. The molecule has 0 spiro atoms. The molecule has 1 aliphatic rings. The molecule has 2 amide bonds. The maximum absolute atomic E-state index is 11.9. The summed E-state index contributed by atoms with van der Waals surface area (Å²) in [5.41, 5.74) is 3.47. The van der Waals surface area contributed by atoms with E-state index in [0.29, 0.717) is 60.2 Å². The van der Waals surface area contributed by atoms with Gasteiger partial charge in [0.2, 0.25) is 11.9 Å². The van der Waals surface area contributed by atoms with E-state index >= 15 is 0 Å². The van der Waals surface area contributed by atoms with E-state index in [1.807, 2.05) is 30.3 Å². The Morgan fingerprint density at radius 1 is 0.975 bits per heavy atom. The summed E-state index contributed by atoms with van der Waals surface area (Å²) in [6, 6.07) is 9.45. The molecule has 0 bridgehead atoms. The lowest BCUT2D eigenvalue weighted by atomic mass is 10.1. The van der Waals surface area contributed by atoms with Gasteiger partial charge in [0.1, 0.15) is 5.52 Å². The zero-order valence-electron chi connectivity index (χ0n) is 22.7. The highest BCUT2D eigenvalue weighted by molar-refractivity contribution is 5.92. The Morgan fingerprint density at radius 3 is 2.33 bits per heavy atom. The molecular weight excluding hydrogens is 512 g/mol. The molecule has 3 aromatic heterocycles. The molecule has 5 rings (SSSR count). The number of amides is 2. The van der Waals surface area contributed by atoms with Gasteiger partial charge in [0.15, 0.2) is 11.6 Å². The van der Waals surface area contributed by atoms with Crippen molar-refractivity contribution in [2.75, 3.05) is 41.4 Å². The topological polar surface area (TPSA) is 147 Å². The standard InChI is InChI=1S/C28H30N8O4/c1-17(37)32-21-7-5-6-18(12-21)19-13-22-23(29-14-19)25(35-8-10-40-11-9-35)34-24(33-22)20-15-30-26(31-16-20)36(27(38)39)28(2,3)4/h5-7,12-16H,8-11H2,1-4H3,(H,32,37)(H,38,39). The SMILES string of the molecule is CC(=O)Nc1cccc(-c2cnc3c(N4CCOCC4)nc(-c4cnc(N(C(=O)O)C(C)(C)C)nc4)nc3c2)c1. The Labute approximate surface area is 231 Å². The highest BCUT2D eigenvalue weighted by Gasteiger charge is 2.30. The van der Waals surface area contributed by atoms with Crippen LogP contribution in [0.5, 0.6) is 0 Å². The van der Waals surface area contributed by atoms with Crippen molar-refractivity contribution >= 4 is 40.5 Å². The number of morpholine rings is 1. The van der Waals surface area contributed by atoms with E-state index in [1.54, 1.807) is 27.0 Å². The van der Waals surface area contributed by atoms with Crippen molar-refractivity contribution in [1.29, 1.82) is 0 Å². The average Bonchev–Trinajstić information content (AvgIpc) is 2.92. The lowest BCUT2D eigenvalue weighted by Gasteiger charge is -2.31. The van der Waals surface area contributed by atoms with Crippen LogP contribution in [0.2, 0.25) is 0 Å². The van der Waals surface area contributed by atoms with Gasteiger partial charge in [0, 0.05) is 55.4 Å². The van der Waals surface area contributed by atoms with Crippen LogP contribution in [0, 0.1) is 0 Å². The molecule has 1 aromatic carbocycles. The molecular formula is C28H30N8O4. The summed E-state index contributed by atoms with van der Waals surface area (Å²) >= 11 is 0. The van der Waals surface area contributed by atoms with Crippen molar-refractivity contribution in [2.24, 2.45) is 0 Å². The van der Waals surface area contributed by atoms with E-state index in [0.717, 1.165) is 16.0 Å². The van der Waals surface area contributed by atoms with Crippen molar-refractivity contribution in [3.63, 3.8) is 0 Å². The summed E-state index contributed by atoms with van der Waals surface area (Å²) in [5, 5.41) is 12.5. The van der Waals surface area contributed by atoms with Gasteiger partial charge < -0.3 is 20.1 Å². The highest BCUT2D eigenvalue weighted by Crippen LogP contribution is 2.31. The van der Waals surface area contributed by atoms with Crippen LogP contribution in [-0.4, -0.2) is 73.9 Å². The summed E-state index contributed by atoms with van der Waals surface area (Å²) in [6.07, 6.45) is 3.69. The quantitative estimate of drug-likeness (QED) is 0.376. The van der Waals surface area contributed by atoms with Crippen LogP contribution in [0.4, 0.5) is 22.2 Å². The van der Waals surface area contributed by atoms with Gasteiger partial charge >= 0.3 is 6.09 Å². The second-order valence-corrected chi connectivity index (χ2v) is 10.4. The number of carbonyl (C=O) groups is 2. The molecule has 0 radical (unpaired) electrons. The summed E-state index contributed by atoms with van der Waals surface area (Å²) < 4.78 is 5.54. The Balaban J connectivity index is 1.59. The van der Waals surface area contributed by atoms with Crippen LogP contribution < -0.4 is 15.1 Å². The minimum atomic E-state index is -1.14. The van der Waals surface area contributed by atoms with Crippen molar-refractivity contribution < 1.29 is 19.4 Å². The number of carbonyl (C=O) groups excluding carboxylic acids is 1. The first-order valence-corrected chi connectivity index (χ1v) is 12.8.